The van der Waals surface area contributed by atoms with Gasteiger partial charge in [0, 0.05) is 17.5 Å². The maximum Gasteiger partial charge on any atom is 0.132 e. The van der Waals surface area contributed by atoms with Crippen LogP contribution in [0.15, 0.2) is 30.5 Å². The maximum absolute atomic E-state index is 4.80. The van der Waals surface area contributed by atoms with Crippen LogP contribution >= 0.6 is 0 Å². The van der Waals surface area contributed by atoms with Crippen molar-refractivity contribution in [2.45, 2.75) is 50.3 Å². The minimum Gasteiger partial charge on any atom is -0.240 e. The second kappa shape index (κ2) is 6.43. The molecule has 1 saturated carbocycles. The average Bonchev–Trinajstić information content (AvgIpc) is 2.47. The third kappa shape index (κ3) is 3.05. The molecule has 1 aliphatic rings. The van der Waals surface area contributed by atoms with Gasteiger partial charge in [0.2, 0.25) is 0 Å². The minimum atomic E-state index is 0.567. The highest BCUT2D eigenvalue weighted by atomic mass is 14.9. The number of benzene rings is 1. The van der Waals surface area contributed by atoms with Crippen LogP contribution in [0.1, 0.15) is 50.3 Å². The van der Waals surface area contributed by atoms with Gasteiger partial charge in [-0.2, -0.15) is 0 Å². The Kier molecular flexibility index (Phi) is 4.39. The standard InChI is InChI=1S/C16H22B2N2/c17-18-14-8-3-6-12(7-4-9-14)16-19-11-13-5-1-2-10-15(13)20-16/h1-2,5,10-12,14,18H,3-4,6-9,17H2. The molecule has 102 valence electrons. The van der Waals surface area contributed by atoms with E-state index in [1.54, 1.807) is 0 Å². The molecule has 0 spiro atoms. The average molecular weight is 264 g/mol. The van der Waals surface area contributed by atoms with Crippen LogP contribution in [-0.4, -0.2) is 24.9 Å². The maximum atomic E-state index is 4.80. The zero-order valence-corrected chi connectivity index (χ0v) is 12.4. The quantitative estimate of drug-likeness (QED) is 0.779. The number of aromatic nitrogens is 2. The SMILES string of the molecule is BBC1CCCC(c2ncc3ccccc3n2)CCC1. The first kappa shape index (κ1) is 13.7. The number of fused-ring (bicyclic) bond motifs is 1. The molecule has 2 aromatic rings. The van der Waals surface area contributed by atoms with Crippen LogP contribution in [0.3, 0.4) is 0 Å². The fourth-order valence-electron chi connectivity index (χ4n) is 3.44. The van der Waals surface area contributed by atoms with Crippen molar-refractivity contribution >= 4 is 25.8 Å². The van der Waals surface area contributed by atoms with E-state index in [4.69, 9.17) is 4.98 Å². The van der Waals surface area contributed by atoms with Gasteiger partial charge in [-0.15, -0.1) is 0 Å². The molecule has 3 rings (SSSR count). The third-order valence-corrected chi connectivity index (χ3v) is 4.78. The van der Waals surface area contributed by atoms with Gasteiger partial charge in [0.25, 0.3) is 0 Å². The summed E-state index contributed by atoms with van der Waals surface area (Å²) < 4.78 is 0. The molecule has 1 heterocycles. The summed E-state index contributed by atoms with van der Waals surface area (Å²) in [5.41, 5.74) is 1.09. The number of hydrogen-bond donors (Lipinski definition) is 0. The number of hydrogen-bond acceptors (Lipinski definition) is 2. The number of rotatable bonds is 2. The van der Waals surface area contributed by atoms with Crippen molar-refractivity contribution in [1.82, 2.24) is 9.97 Å². The molecular weight excluding hydrogens is 242 g/mol. The van der Waals surface area contributed by atoms with Gasteiger partial charge in [0.15, 0.2) is 0 Å². The minimum absolute atomic E-state index is 0.567. The highest BCUT2D eigenvalue weighted by Gasteiger charge is 2.19. The van der Waals surface area contributed by atoms with Crippen molar-refractivity contribution in [1.29, 1.82) is 0 Å². The first-order valence-corrected chi connectivity index (χ1v) is 8.08. The summed E-state index contributed by atoms with van der Waals surface area (Å²) in [6, 6.07) is 8.29. The summed E-state index contributed by atoms with van der Waals surface area (Å²) >= 11 is 0. The van der Waals surface area contributed by atoms with Crippen molar-refractivity contribution in [2.24, 2.45) is 0 Å². The highest BCUT2D eigenvalue weighted by molar-refractivity contribution is 6.90. The van der Waals surface area contributed by atoms with E-state index < -0.39 is 0 Å². The van der Waals surface area contributed by atoms with E-state index in [1.807, 2.05) is 12.3 Å². The van der Waals surface area contributed by atoms with Gasteiger partial charge in [0.1, 0.15) is 5.82 Å². The molecule has 0 N–H and O–H groups in total. The Hall–Kier alpha value is -1.31. The van der Waals surface area contributed by atoms with Gasteiger partial charge in [-0.25, -0.2) is 9.97 Å². The molecule has 0 bridgehead atoms. The molecule has 20 heavy (non-hydrogen) atoms. The lowest BCUT2D eigenvalue weighted by molar-refractivity contribution is 0.443. The second-order valence-corrected chi connectivity index (χ2v) is 6.12. The Morgan fingerprint density at radius 1 is 1.05 bits per heavy atom. The van der Waals surface area contributed by atoms with Crippen molar-refractivity contribution in [2.75, 3.05) is 0 Å². The van der Waals surface area contributed by atoms with E-state index in [2.05, 4.69) is 30.9 Å². The molecule has 0 aliphatic heterocycles. The third-order valence-electron chi connectivity index (χ3n) is 4.78. The van der Waals surface area contributed by atoms with E-state index in [1.165, 1.54) is 45.7 Å². The summed E-state index contributed by atoms with van der Waals surface area (Å²) in [5.74, 6) is 2.59. The van der Waals surface area contributed by atoms with Gasteiger partial charge in [-0.1, -0.05) is 49.7 Å². The van der Waals surface area contributed by atoms with E-state index >= 15 is 0 Å². The first-order chi connectivity index (χ1) is 9.86. The van der Waals surface area contributed by atoms with Crippen LogP contribution in [0.4, 0.5) is 0 Å². The Labute approximate surface area is 123 Å². The summed E-state index contributed by atoms with van der Waals surface area (Å²) in [7, 11) is 3.67. The van der Waals surface area contributed by atoms with E-state index in [9.17, 15) is 0 Å². The zero-order chi connectivity index (χ0) is 13.8. The van der Waals surface area contributed by atoms with Crippen LogP contribution in [-0.2, 0) is 0 Å². The fourth-order valence-corrected chi connectivity index (χ4v) is 3.44. The summed E-state index contributed by atoms with van der Waals surface area (Å²) in [4.78, 5) is 9.43. The largest absolute Gasteiger partial charge is 0.240 e. The molecular formula is C16H22B2N2. The van der Waals surface area contributed by atoms with Gasteiger partial charge >= 0.3 is 0 Å². The molecule has 1 aromatic carbocycles. The van der Waals surface area contributed by atoms with Crippen molar-refractivity contribution in [3.05, 3.63) is 36.3 Å². The molecule has 0 atom stereocenters. The van der Waals surface area contributed by atoms with Crippen molar-refractivity contribution in [3.63, 3.8) is 0 Å². The molecule has 0 saturated heterocycles. The topological polar surface area (TPSA) is 25.8 Å². The smallest absolute Gasteiger partial charge is 0.132 e. The fraction of sp³-hybridized carbons (Fsp3) is 0.500. The van der Waals surface area contributed by atoms with Crippen LogP contribution in [0.2, 0.25) is 5.82 Å². The molecule has 0 unspecified atom stereocenters. The van der Waals surface area contributed by atoms with Gasteiger partial charge in [-0.05, 0) is 18.9 Å². The van der Waals surface area contributed by atoms with Crippen molar-refractivity contribution < 1.29 is 0 Å². The van der Waals surface area contributed by atoms with Crippen LogP contribution in [0.25, 0.3) is 10.9 Å². The second-order valence-electron chi connectivity index (χ2n) is 6.12. The monoisotopic (exact) mass is 264 g/mol. The normalized spacial score (nSPS) is 24.0. The number of para-hydroxylation sites is 1. The predicted molar refractivity (Wildman–Crippen MR) is 89.4 cm³/mol. The molecule has 0 radical (unpaired) electrons. The Balaban J connectivity index is 1.76. The zero-order valence-electron chi connectivity index (χ0n) is 12.4. The molecule has 2 nitrogen and oxygen atoms in total. The van der Waals surface area contributed by atoms with Gasteiger partial charge in [0.05, 0.1) is 20.4 Å². The molecule has 4 heteroatoms. The number of nitrogens with zero attached hydrogens (tertiary/aromatic N) is 2. The first-order valence-electron chi connectivity index (χ1n) is 8.08. The van der Waals surface area contributed by atoms with Gasteiger partial charge in [-0.3, -0.25) is 0 Å². The van der Waals surface area contributed by atoms with Crippen LogP contribution in [0, 0.1) is 0 Å². The Bertz CT molecular complexity index is 563. The summed E-state index contributed by atoms with van der Waals surface area (Å²) in [6.07, 6.45) is 9.95. The Morgan fingerprint density at radius 2 is 1.80 bits per heavy atom. The lowest BCUT2D eigenvalue weighted by Crippen LogP contribution is -2.11. The lowest BCUT2D eigenvalue weighted by Gasteiger charge is -2.23. The van der Waals surface area contributed by atoms with Crippen molar-refractivity contribution in [3.8, 4) is 0 Å². The Morgan fingerprint density at radius 3 is 2.55 bits per heavy atom. The van der Waals surface area contributed by atoms with E-state index in [-0.39, 0.29) is 0 Å². The predicted octanol–water partition coefficient (Wildman–Crippen LogP) is 2.84. The summed E-state index contributed by atoms with van der Waals surface area (Å²) in [6.45, 7) is 0. The molecule has 1 aliphatic carbocycles. The lowest BCUT2D eigenvalue weighted by atomic mass is 9.45. The van der Waals surface area contributed by atoms with E-state index in [0.717, 1.165) is 22.5 Å². The highest BCUT2D eigenvalue weighted by Crippen LogP contribution is 2.33. The molecule has 0 amide bonds. The van der Waals surface area contributed by atoms with E-state index in [0.29, 0.717) is 5.92 Å². The van der Waals surface area contributed by atoms with Crippen LogP contribution in [0.5, 0.6) is 0 Å². The van der Waals surface area contributed by atoms with Gasteiger partial charge < -0.3 is 0 Å². The molecule has 1 aromatic heterocycles. The molecule has 1 fully saturated rings. The van der Waals surface area contributed by atoms with Crippen LogP contribution < -0.4 is 0 Å². The summed E-state index contributed by atoms with van der Waals surface area (Å²) in [5, 5.41) is 1.15.